The molecule has 1 N–H and O–H groups in total. The Hall–Kier alpha value is -4.91. The molecule has 0 aliphatic carbocycles. The van der Waals surface area contributed by atoms with E-state index in [1.807, 2.05) is 18.4 Å². The van der Waals surface area contributed by atoms with Gasteiger partial charge in [-0.05, 0) is 48.0 Å². The van der Waals surface area contributed by atoms with Crippen molar-refractivity contribution >= 4 is 17.0 Å². The predicted octanol–water partition coefficient (Wildman–Crippen LogP) is 7.26. The molecule has 6 rings (SSSR count). The summed E-state index contributed by atoms with van der Waals surface area (Å²) in [6.07, 6.45) is -3.60. The Kier molecular flexibility index (Phi) is 7.97. The third kappa shape index (κ3) is 6.14. The van der Waals surface area contributed by atoms with E-state index in [-0.39, 0.29) is 52.7 Å². The maximum absolute atomic E-state index is 15.6. The minimum atomic E-state index is -4.56. The van der Waals surface area contributed by atoms with Crippen LogP contribution in [0.25, 0.3) is 22.3 Å². The quantitative estimate of drug-likeness (QED) is 0.179. The van der Waals surface area contributed by atoms with Crippen LogP contribution in [0.2, 0.25) is 0 Å². The molecule has 4 heterocycles. The van der Waals surface area contributed by atoms with Crippen LogP contribution in [0.15, 0.2) is 66.9 Å². The molecule has 5 aromatic rings. The largest absolute Gasteiger partial charge is 0.478 e. The van der Waals surface area contributed by atoms with Gasteiger partial charge < -0.3 is 19.1 Å². The Labute approximate surface area is 259 Å². The number of pyridine rings is 2. The number of carbonyl (C=O) groups is 1. The van der Waals surface area contributed by atoms with Gasteiger partial charge in [0, 0.05) is 35.2 Å². The van der Waals surface area contributed by atoms with Crippen LogP contribution in [-0.2, 0) is 23.9 Å². The first-order valence-electron chi connectivity index (χ1n) is 14.2. The van der Waals surface area contributed by atoms with E-state index in [4.69, 9.17) is 9.47 Å². The number of aromatic carboxylic acids is 1. The third-order valence-electron chi connectivity index (χ3n) is 7.96. The Morgan fingerprint density at radius 1 is 1.07 bits per heavy atom. The van der Waals surface area contributed by atoms with Gasteiger partial charge in [-0.3, -0.25) is 4.98 Å². The molecule has 0 bridgehead atoms. The molecule has 1 saturated heterocycles. The average Bonchev–Trinajstić information content (AvgIpc) is 3.54. The zero-order valence-electron chi connectivity index (χ0n) is 24.6. The predicted molar refractivity (Wildman–Crippen MR) is 156 cm³/mol. The monoisotopic (exact) mass is 638 g/mol. The van der Waals surface area contributed by atoms with E-state index in [2.05, 4.69) is 15.0 Å². The van der Waals surface area contributed by atoms with Crippen LogP contribution >= 0.6 is 0 Å². The van der Waals surface area contributed by atoms with Crippen LogP contribution in [-0.4, -0.2) is 43.8 Å². The standard InChI is InChI=1S/C33H27F5N4O4/c1-32(2)17-45-16-28(32)42-26-11-19(31(43)44)7-8-25(26)40-29(42)12-20-10-23(35)21(13-22(20)34)24-4-3-5-30(41-24)46-15-18-6-9-27(39-14-18)33(36,37)38/h3-11,13-14,28H,12,15-17H2,1-2H3,(H,43,44). The fourth-order valence-electron chi connectivity index (χ4n) is 5.50. The number of aromatic nitrogens is 4. The van der Waals surface area contributed by atoms with Crippen LogP contribution in [0.1, 0.15) is 52.9 Å². The lowest BCUT2D eigenvalue weighted by Gasteiger charge is -2.28. The molecule has 0 amide bonds. The summed E-state index contributed by atoms with van der Waals surface area (Å²) in [6, 6.07) is 13.0. The van der Waals surface area contributed by atoms with Crippen molar-refractivity contribution in [3.05, 3.63) is 107 Å². The normalized spacial score (nSPS) is 16.2. The summed E-state index contributed by atoms with van der Waals surface area (Å²) in [7, 11) is 0. The minimum absolute atomic E-state index is 0.0372. The smallest absolute Gasteiger partial charge is 0.433 e. The van der Waals surface area contributed by atoms with Crippen molar-refractivity contribution in [2.24, 2.45) is 5.41 Å². The van der Waals surface area contributed by atoms with Crippen molar-refractivity contribution in [3.8, 4) is 17.1 Å². The third-order valence-corrected chi connectivity index (χ3v) is 7.96. The number of hydrogen-bond donors (Lipinski definition) is 1. The molecular weight excluding hydrogens is 611 g/mol. The summed E-state index contributed by atoms with van der Waals surface area (Å²) < 4.78 is 82.7. The molecule has 2 aromatic carbocycles. The molecule has 1 atom stereocenters. The van der Waals surface area contributed by atoms with Crippen LogP contribution in [0.5, 0.6) is 5.88 Å². The lowest BCUT2D eigenvalue weighted by atomic mass is 9.87. The first-order chi connectivity index (χ1) is 21.8. The molecule has 46 heavy (non-hydrogen) atoms. The molecule has 1 fully saturated rings. The van der Waals surface area contributed by atoms with Gasteiger partial charge in [-0.1, -0.05) is 26.0 Å². The molecule has 238 valence electrons. The number of nitrogens with zero attached hydrogens (tertiary/aromatic N) is 4. The first-order valence-corrected chi connectivity index (χ1v) is 14.2. The first kappa shape index (κ1) is 31.1. The molecule has 1 unspecified atom stereocenters. The van der Waals surface area contributed by atoms with Gasteiger partial charge in [0.1, 0.15) is 29.8 Å². The molecule has 0 saturated carbocycles. The fourth-order valence-corrected chi connectivity index (χ4v) is 5.50. The summed E-state index contributed by atoms with van der Waals surface area (Å²) in [5.74, 6) is -2.06. The van der Waals surface area contributed by atoms with Crippen LogP contribution in [0, 0.1) is 17.0 Å². The van der Waals surface area contributed by atoms with Crippen molar-refractivity contribution in [1.82, 2.24) is 19.5 Å². The van der Waals surface area contributed by atoms with Gasteiger partial charge in [0.2, 0.25) is 5.88 Å². The Morgan fingerprint density at radius 3 is 2.54 bits per heavy atom. The average molecular weight is 639 g/mol. The van der Waals surface area contributed by atoms with Crippen molar-refractivity contribution in [3.63, 3.8) is 0 Å². The topological polar surface area (TPSA) is 99.4 Å². The number of carboxylic acid groups (broad SMARTS) is 1. The second-order valence-electron chi connectivity index (χ2n) is 11.7. The van der Waals surface area contributed by atoms with Crippen LogP contribution in [0.3, 0.4) is 0 Å². The number of halogens is 5. The van der Waals surface area contributed by atoms with E-state index < -0.39 is 29.5 Å². The summed E-state index contributed by atoms with van der Waals surface area (Å²) in [6.45, 7) is 4.69. The number of benzene rings is 2. The summed E-state index contributed by atoms with van der Waals surface area (Å²) in [4.78, 5) is 24.0. The van der Waals surface area contributed by atoms with E-state index in [9.17, 15) is 23.1 Å². The number of imidazole rings is 1. The molecule has 3 aromatic heterocycles. The van der Waals surface area contributed by atoms with E-state index >= 15 is 8.78 Å². The number of carboxylic acids is 1. The van der Waals surface area contributed by atoms with E-state index in [1.54, 1.807) is 6.07 Å². The number of ether oxygens (including phenoxy) is 2. The highest BCUT2D eigenvalue weighted by atomic mass is 19.4. The van der Waals surface area contributed by atoms with Gasteiger partial charge >= 0.3 is 12.1 Å². The lowest BCUT2D eigenvalue weighted by Crippen LogP contribution is -2.27. The van der Waals surface area contributed by atoms with Crippen molar-refractivity contribution < 1.29 is 41.3 Å². The molecular formula is C33H27F5N4O4. The van der Waals surface area contributed by atoms with Crippen LogP contribution < -0.4 is 4.74 Å². The van der Waals surface area contributed by atoms with Crippen molar-refractivity contribution in [1.29, 1.82) is 0 Å². The van der Waals surface area contributed by atoms with Gasteiger partial charge in [0.15, 0.2) is 0 Å². The fraction of sp³-hybridized carbons (Fsp3) is 0.273. The highest BCUT2D eigenvalue weighted by Gasteiger charge is 2.39. The van der Waals surface area contributed by atoms with Gasteiger partial charge in [-0.2, -0.15) is 13.2 Å². The molecule has 8 nitrogen and oxygen atoms in total. The minimum Gasteiger partial charge on any atom is -0.478 e. The maximum atomic E-state index is 15.6. The van der Waals surface area contributed by atoms with E-state index in [0.717, 1.165) is 24.4 Å². The summed E-state index contributed by atoms with van der Waals surface area (Å²) >= 11 is 0. The Balaban J connectivity index is 1.27. The highest BCUT2D eigenvalue weighted by Crippen LogP contribution is 2.40. The van der Waals surface area contributed by atoms with Crippen LogP contribution in [0.4, 0.5) is 22.0 Å². The molecule has 1 aliphatic heterocycles. The number of rotatable bonds is 8. The van der Waals surface area contributed by atoms with Gasteiger partial charge in [-0.15, -0.1) is 0 Å². The van der Waals surface area contributed by atoms with Gasteiger partial charge in [0.05, 0.1) is 41.5 Å². The number of alkyl halides is 3. The van der Waals surface area contributed by atoms with Gasteiger partial charge in [-0.25, -0.2) is 23.5 Å². The van der Waals surface area contributed by atoms with Crippen molar-refractivity contribution in [2.75, 3.05) is 13.2 Å². The van der Waals surface area contributed by atoms with E-state index in [1.165, 1.54) is 36.4 Å². The Bertz CT molecular complexity index is 1940. The highest BCUT2D eigenvalue weighted by molar-refractivity contribution is 5.92. The number of fused-ring (bicyclic) bond motifs is 1. The zero-order chi connectivity index (χ0) is 32.8. The zero-order valence-corrected chi connectivity index (χ0v) is 24.6. The Morgan fingerprint density at radius 2 is 1.87 bits per heavy atom. The molecule has 13 heteroatoms. The summed E-state index contributed by atoms with van der Waals surface area (Å²) in [5, 5.41) is 9.57. The molecule has 0 spiro atoms. The summed E-state index contributed by atoms with van der Waals surface area (Å²) in [5.41, 5.74) is 0.160. The maximum Gasteiger partial charge on any atom is 0.433 e. The second kappa shape index (κ2) is 11.8. The molecule has 1 aliphatic rings. The molecule has 0 radical (unpaired) electrons. The SMILES string of the molecule is CC1(C)COCC1n1c(Cc2cc(F)c(-c3cccc(OCc4ccc(C(F)(F)F)nc4)n3)cc2F)nc2ccc(C(=O)O)cc21. The number of hydrogen-bond acceptors (Lipinski definition) is 6. The van der Waals surface area contributed by atoms with E-state index in [0.29, 0.717) is 35.6 Å². The van der Waals surface area contributed by atoms with Gasteiger partial charge in [0.25, 0.3) is 0 Å². The second-order valence-corrected chi connectivity index (χ2v) is 11.7. The van der Waals surface area contributed by atoms with Crippen molar-refractivity contribution in [2.45, 2.75) is 39.1 Å². The lowest BCUT2D eigenvalue weighted by molar-refractivity contribution is -0.141.